The average molecular weight is 804 g/mol. The Hall–Kier alpha value is -8.20. The van der Waals surface area contributed by atoms with E-state index in [1.165, 1.54) is 55.6 Å². The van der Waals surface area contributed by atoms with Crippen molar-refractivity contribution < 1.29 is 4.42 Å². The molecule has 0 N–H and O–H groups in total. The summed E-state index contributed by atoms with van der Waals surface area (Å²) < 4.78 is 6.49. The lowest BCUT2D eigenvalue weighted by atomic mass is 9.67. The summed E-state index contributed by atoms with van der Waals surface area (Å²) in [7, 11) is 0. The Labute approximate surface area is 367 Å². The highest BCUT2D eigenvalue weighted by Crippen LogP contribution is 2.57. The lowest BCUT2D eigenvalue weighted by Crippen LogP contribution is -2.28. The third-order valence-electron chi connectivity index (χ3n) is 13.0. The lowest BCUT2D eigenvalue weighted by molar-refractivity contribution is 0.670. The SMILES string of the molecule is c1ccc(-c2ccccc2-c2ccc(N(c3ccc(-c4cccc5c4oc4ccccc45)cc3)c3ccc4c(c3)C(c3ccccc3)(c3ccccc3)c3ccccc3-4)cc2)cc1. The predicted octanol–water partition coefficient (Wildman–Crippen LogP) is 16.4. The summed E-state index contributed by atoms with van der Waals surface area (Å²) in [5.74, 6) is 0. The molecule has 0 amide bonds. The summed E-state index contributed by atoms with van der Waals surface area (Å²) in [6, 6.07) is 90.2. The van der Waals surface area contributed by atoms with E-state index in [2.05, 4.69) is 241 Å². The van der Waals surface area contributed by atoms with E-state index in [0.29, 0.717) is 0 Å². The number of hydrogen-bond acceptors (Lipinski definition) is 2. The number of furan rings is 1. The van der Waals surface area contributed by atoms with Gasteiger partial charge in [-0.25, -0.2) is 0 Å². The number of rotatable bonds is 8. The van der Waals surface area contributed by atoms with E-state index in [-0.39, 0.29) is 0 Å². The molecule has 10 aromatic carbocycles. The summed E-state index contributed by atoms with van der Waals surface area (Å²) in [6.45, 7) is 0. The van der Waals surface area contributed by atoms with E-state index in [9.17, 15) is 0 Å². The largest absolute Gasteiger partial charge is 0.455 e. The van der Waals surface area contributed by atoms with E-state index in [1.807, 2.05) is 12.1 Å². The standard InChI is InChI=1S/C61H41NO/c1-4-17-42(18-5-1)50-23-10-11-24-51(50)43-31-35-47(36-32-43)62(48-37-33-44(34-38-48)52-27-16-28-56-55-26-13-15-30-59(55)63-60(52)56)49-39-40-54-53-25-12-14-29-57(53)61(58(54)41-49,45-19-6-2-7-20-45)46-21-8-3-9-22-46/h1-41H. The molecule has 1 aliphatic rings. The zero-order valence-corrected chi connectivity index (χ0v) is 34.5. The van der Waals surface area contributed by atoms with Crippen LogP contribution in [0.2, 0.25) is 0 Å². The highest BCUT2D eigenvalue weighted by molar-refractivity contribution is 6.09. The van der Waals surface area contributed by atoms with Crippen molar-refractivity contribution in [2.45, 2.75) is 5.41 Å². The fourth-order valence-electron chi connectivity index (χ4n) is 10.2. The molecular formula is C61H41NO. The first-order chi connectivity index (χ1) is 31.3. The Kier molecular flexibility index (Phi) is 8.76. The monoisotopic (exact) mass is 803 g/mol. The summed E-state index contributed by atoms with van der Waals surface area (Å²) in [6.07, 6.45) is 0. The first-order valence-electron chi connectivity index (χ1n) is 21.7. The quantitative estimate of drug-likeness (QED) is 0.152. The van der Waals surface area contributed by atoms with Crippen LogP contribution in [0.5, 0.6) is 0 Å². The van der Waals surface area contributed by atoms with Crippen LogP contribution in [-0.2, 0) is 5.41 Å². The average Bonchev–Trinajstić information content (AvgIpc) is 3.89. The van der Waals surface area contributed by atoms with Crippen molar-refractivity contribution in [2.75, 3.05) is 4.90 Å². The fourth-order valence-corrected chi connectivity index (χ4v) is 10.2. The van der Waals surface area contributed by atoms with Gasteiger partial charge in [-0.3, -0.25) is 0 Å². The zero-order chi connectivity index (χ0) is 41.7. The third-order valence-corrected chi connectivity index (χ3v) is 13.0. The molecule has 11 aromatic rings. The highest BCUT2D eigenvalue weighted by Gasteiger charge is 2.46. The Morgan fingerprint density at radius 2 is 0.762 bits per heavy atom. The van der Waals surface area contributed by atoms with Crippen LogP contribution in [0.4, 0.5) is 17.1 Å². The maximum atomic E-state index is 6.49. The second kappa shape index (κ2) is 15.1. The van der Waals surface area contributed by atoms with Crippen molar-refractivity contribution in [2.24, 2.45) is 0 Å². The lowest BCUT2D eigenvalue weighted by Gasteiger charge is -2.35. The number of anilines is 3. The van der Waals surface area contributed by atoms with Gasteiger partial charge in [0.05, 0.1) is 5.41 Å². The van der Waals surface area contributed by atoms with Crippen molar-refractivity contribution in [3.8, 4) is 44.5 Å². The molecule has 1 heterocycles. The summed E-state index contributed by atoms with van der Waals surface area (Å²) in [4.78, 5) is 2.41. The molecule has 0 radical (unpaired) electrons. The van der Waals surface area contributed by atoms with Gasteiger partial charge >= 0.3 is 0 Å². The van der Waals surface area contributed by atoms with Crippen LogP contribution in [0.25, 0.3) is 66.4 Å². The molecule has 0 unspecified atom stereocenters. The Morgan fingerprint density at radius 1 is 0.302 bits per heavy atom. The van der Waals surface area contributed by atoms with E-state index in [1.54, 1.807) is 0 Å². The molecule has 0 saturated carbocycles. The van der Waals surface area contributed by atoms with Crippen molar-refractivity contribution in [1.29, 1.82) is 0 Å². The van der Waals surface area contributed by atoms with Crippen LogP contribution in [0.15, 0.2) is 253 Å². The van der Waals surface area contributed by atoms with Crippen molar-refractivity contribution in [3.63, 3.8) is 0 Å². The molecule has 1 aliphatic carbocycles. The Morgan fingerprint density at radius 3 is 1.41 bits per heavy atom. The number of benzene rings is 10. The minimum atomic E-state index is -0.518. The fraction of sp³-hybridized carbons (Fsp3) is 0.0164. The van der Waals surface area contributed by atoms with Gasteiger partial charge in [-0.2, -0.15) is 0 Å². The van der Waals surface area contributed by atoms with Gasteiger partial charge in [0.1, 0.15) is 11.2 Å². The van der Waals surface area contributed by atoms with Crippen molar-refractivity contribution in [1.82, 2.24) is 0 Å². The summed E-state index contributed by atoms with van der Waals surface area (Å²) in [5, 5.41) is 2.26. The number of nitrogens with zero attached hydrogens (tertiary/aromatic N) is 1. The molecule has 63 heavy (non-hydrogen) atoms. The molecule has 0 saturated heterocycles. The van der Waals surface area contributed by atoms with Crippen LogP contribution in [0.3, 0.4) is 0 Å². The van der Waals surface area contributed by atoms with Gasteiger partial charge in [0.15, 0.2) is 0 Å². The molecule has 2 heteroatoms. The Bertz CT molecular complexity index is 3380. The van der Waals surface area contributed by atoms with Gasteiger partial charge in [-0.05, 0) is 104 Å². The Balaban J connectivity index is 1.04. The molecular weight excluding hydrogens is 763 g/mol. The third kappa shape index (κ3) is 5.95. The topological polar surface area (TPSA) is 16.4 Å². The van der Waals surface area contributed by atoms with Crippen LogP contribution >= 0.6 is 0 Å². The second-order valence-corrected chi connectivity index (χ2v) is 16.4. The zero-order valence-electron chi connectivity index (χ0n) is 34.5. The highest BCUT2D eigenvalue weighted by atomic mass is 16.3. The van der Waals surface area contributed by atoms with E-state index < -0.39 is 5.41 Å². The second-order valence-electron chi connectivity index (χ2n) is 16.4. The molecule has 0 bridgehead atoms. The predicted molar refractivity (Wildman–Crippen MR) is 262 cm³/mol. The number of fused-ring (bicyclic) bond motifs is 6. The van der Waals surface area contributed by atoms with Crippen LogP contribution in [0, 0.1) is 0 Å². The van der Waals surface area contributed by atoms with Gasteiger partial charge < -0.3 is 9.32 Å². The normalized spacial score (nSPS) is 12.6. The minimum Gasteiger partial charge on any atom is -0.455 e. The van der Waals surface area contributed by atoms with Crippen molar-refractivity contribution >= 4 is 39.0 Å². The number of para-hydroxylation sites is 2. The minimum absolute atomic E-state index is 0.518. The molecule has 296 valence electrons. The van der Waals surface area contributed by atoms with Gasteiger partial charge in [-0.15, -0.1) is 0 Å². The van der Waals surface area contributed by atoms with E-state index >= 15 is 0 Å². The van der Waals surface area contributed by atoms with Crippen LogP contribution in [-0.4, -0.2) is 0 Å². The summed E-state index contributed by atoms with van der Waals surface area (Å²) >= 11 is 0. The van der Waals surface area contributed by atoms with E-state index in [4.69, 9.17) is 4.42 Å². The van der Waals surface area contributed by atoms with Gasteiger partial charge in [0.2, 0.25) is 0 Å². The van der Waals surface area contributed by atoms with Gasteiger partial charge in [0.25, 0.3) is 0 Å². The number of hydrogen-bond donors (Lipinski definition) is 0. The smallest absolute Gasteiger partial charge is 0.143 e. The van der Waals surface area contributed by atoms with E-state index in [0.717, 1.165) is 50.1 Å². The molecule has 0 spiro atoms. The molecule has 0 fully saturated rings. The molecule has 0 aliphatic heterocycles. The van der Waals surface area contributed by atoms with Gasteiger partial charge in [-0.1, -0.05) is 206 Å². The first kappa shape index (κ1) is 36.6. The van der Waals surface area contributed by atoms with Gasteiger partial charge in [0, 0.05) is 33.4 Å². The maximum absolute atomic E-state index is 6.49. The molecule has 1 aromatic heterocycles. The van der Waals surface area contributed by atoms with Crippen LogP contribution in [0.1, 0.15) is 22.3 Å². The maximum Gasteiger partial charge on any atom is 0.143 e. The van der Waals surface area contributed by atoms with Crippen molar-refractivity contribution in [3.05, 3.63) is 271 Å². The molecule has 0 atom stereocenters. The first-order valence-corrected chi connectivity index (χ1v) is 21.7. The molecule has 12 rings (SSSR count). The van der Waals surface area contributed by atoms with Crippen LogP contribution < -0.4 is 4.90 Å². The molecule has 2 nitrogen and oxygen atoms in total. The summed E-state index contributed by atoms with van der Waals surface area (Å²) in [5.41, 5.74) is 19.1.